The quantitative estimate of drug-likeness (QED) is 0.709. The van der Waals surface area contributed by atoms with E-state index >= 15 is 0 Å². The maximum atomic E-state index is 11.9. The lowest BCUT2D eigenvalue weighted by Gasteiger charge is -2.11. The first-order valence-corrected chi connectivity index (χ1v) is 6.43. The van der Waals surface area contributed by atoms with Gasteiger partial charge in [0.15, 0.2) is 0 Å². The van der Waals surface area contributed by atoms with Crippen LogP contribution in [-0.4, -0.2) is 32.4 Å². The number of benzene rings is 1. The normalized spacial score (nSPS) is 10.4. The predicted octanol–water partition coefficient (Wildman–Crippen LogP) is 0.390. The maximum Gasteiger partial charge on any atom is 0.246 e. The zero-order chi connectivity index (χ0) is 15.2. The van der Waals surface area contributed by atoms with Crippen LogP contribution in [0.1, 0.15) is 12.5 Å². The minimum atomic E-state index is -0.270. The summed E-state index contributed by atoms with van der Waals surface area (Å²) in [4.78, 5) is 15.6. The Morgan fingerprint density at radius 2 is 2.33 bits per heavy atom. The van der Waals surface area contributed by atoms with Crippen LogP contribution in [-0.2, 0) is 17.9 Å². The largest absolute Gasteiger partial charge is 0.494 e. The zero-order valence-corrected chi connectivity index (χ0v) is 11.6. The first-order valence-electron chi connectivity index (χ1n) is 6.43. The fourth-order valence-electron chi connectivity index (χ4n) is 1.81. The second-order valence-corrected chi connectivity index (χ2v) is 4.26. The molecule has 0 aliphatic heterocycles. The minimum absolute atomic E-state index is 0.00582. The number of aromatic nitrogens is 3. The Morgan fingerprint density at radius 1 is 1.52 bits per heavy atom. The Bertz CT molecular complexity index is 626. The number of nitrogens with two attached hydrogens (primary N) is 1. The molecule has 1 heterocycles. The van der Waals surface area contributed by atoms with Crippen molar-refractivity contribution >= 4 is 17.5 Å². The molecule has 8 heteroatoms. The number of hydrogen-bond acceptors (Lipinski definition) is 6. The Labute approximate surface area is 121 Å². The molecule has 0 unspecified atom stereocenters. The summed E-state index contributed by atoms with van der Waals surface area (Å²) in [5, 5.41) is 15.8. The average molecular weight is 291 g/mol. The highest BCUT2D eigenvalue weighted by molar-refractivity contribution is 5.90. The third-order valence-corrected chi connectivity index (χ3v) is 2.67. The highest BCUT2D eigenvalue weighted by Crippen LogP contribution is 2.23. The topological polar surface area (TPSA) is 115 Å². The Balaban J connectivity index is 2.03. The van der Waals surface area contributed by atoms with Crippen molar-refractivity contribution in [3.63, 3.8) is 0 Å². The fraction of sp³-hybridized carbons (Fsp3) is 0.308. The smallest absolute Gasteiger partial charge is 0.246 e. The molecule has 8 nitrogen and oxygen atoms in total. The van der Waals surface area contributed by atoms with E-state index in [1.165, 1.54) is 11.0 Å². The SMILES string of the molecule is CCOc1ccc(NC(=O)Cn2cnc(N)n2)cc1CO. The van der Waals surface area contributed by atoms with Gasteiger partial charge in [-0.15, -0.1) is 5.10 Å². The summed E-state index contributed by atoms with van der Waals surface area (Å²) in [6, 6.07) is 5.08. The number of aliphatic hydroxyl groups is 1. The van der Waals surface area contributed by atoms with E-state index in [4.69, 9.17) is 10.5 Å². The number of carbonyl (C=O) groups is 1. The van der Waals surface area contributed by atoms with Crippen molar-refractivity contribution in [3.05, 3.63) is 30.1 Å². The van der Waals surface area contributed by atoms with Crippen molar-refractivity contribution in [3.8, 4) is 5.75 Å². The molecule has 112 valence electrons. The van der Waals surface area contributed by atoms with Crippen LogP contribution in [0.5, 0.6) is 5.75 Å². The number of amides is 1. The molecule has 0 fully saturated rings. The number of aliphatic hydroxyl groups excluding tert-OH is 1. The molecular weight excluding hydrogens is 274 g/mol. The lowest BCUT2D eigenvalue weighted by Crippen LogP contribution is -2.19. The van der Waals surface area contributed by atoms with Gasteiger partial charge in [-0.3, -0.25) is 4.79 Å². The first kappa shape index (κ1) is 14.8. The van der Waals surface area contributed by atoms with Gasteiger partial charge in [0.2, 0.25) is 11.9 Å². The van der Waals surface area contributed by atoms with Crippen LogP contribution in [0.25, 0.3) is 0 Å². The molecule has 0 saturated carbocycles. The second-order valence-electron chi connectivity index (χ2n) is 4.26. The van der Waals surface area contributed by atoms with Crippen molar-refractivity contribution < 1.29 is 14.6 Å². The van der Waals surface area contributed by atoms with Crippen molar-refractivity contribution in [1.29, 1.82) is 0 Å². The van der Waals surface area contributed by atoms with E-state index in [1.54, 1.807) is 18.2 Å². The number of hydrogen-bond donors (Lipinski definition) is 3. The van der Waals surface area contributed by atoms with Crippen LogP contribution >= 0.6 is 0 Å². The van der Waals surface area contributed by atoms with Gasteiger partial charge in [0.1, 0.15) is 18.6 Å². The number of nitrogen functional groups attached to an aromatic ring is 1. The number of carbonyl (C=O) groups excluding carboxylic acids is 1. The second kappa shape index (κ2) is 6.71. The standard InChI is InChI=1S/C13H17N5O3/c1-2-21-11-4-3-10(5-9(11)7-19)16-12(20)6-18-8-15-13(14)17-18/h3-5,8,19H,2,6-7H2,1H3,(H2,14,17)(H,16,20). The molecular formula is C13H17N5O3. The van der Waals surface area contributed by atoms with Crippen LogP contribution in [0.2, 0.25) is 0 Å². The Morgan fingerprint density at radius 3 is 2.95 bits per heavy atom. The monoisotopic (exact) mass is 291 g/mol. The predicted molar refractivity (Wildman–Crippen MR) is 76.6 cm³/mol. The summed E-state index contributed by atoms with van der Waals surface area (Å²) in [5.74, 6) is 0.446. The van der Waals surface area contributed by atoms with Gasteiger partial charge in [-0.2, -0.15) is 0 Å². The lowest BCUT2D eigenvalue weighted by molar-refractivity contribution is -0.116. The van der Waals surface area contributed by atoms with Gasteiger partial charge in [-0.05, 0) is 25.1 Å². The summed E-state index contributed by atoms with van der Waals surface area (Å²) in [6.45, 7) is 2.21. The van der Waals surface area contributed by atoms with Crippen molar-refractivity contribution in [1.82, 2.24) is 14.8 Å². The number of nitrogens with zero attached hydrogens (tertiary/aromatic N) is 3. The van der Waals surface area contributed by atoms with Crippen LogP contribution < -0.4 is 15.8 Å². The molecule has 0 radical (unpaired) electrons. The first-order chi connectivity index (χ1) is 10.1. The van der Waals surface area contributed by atoms with E-state index in [9.17, 15) is 9.90 Å². The minimum Gasteiger partial charge on any atom is -0.494 e. The molecule has 1 aromatic carbocycles. The van der Waals surface area contributed by atoms with Crippen LogP contribution in [0.3, 0.4) is 0 Å². The van der Waals surface area contributed by atoms with Crippen molar-refractivity contribution in [2.45, 2.75) is 20.1 Å². The van der Waals surface area contributed by atoms with Gasteiger partial charge in [0.25, 0.3) is 0 Å². The molecule has 21 heavy (non-hydrogen) atoms. The third-order valence-electron chi connectivity index (χ3n) is 2.67. The number of rotatable bonds is 6. The lowest BCUT2D eigenvalue weighted by atomic mass is 10.2. The van der Waals surface area contributed by atoms with E-state index in [-0.39, 0.29) is 25.0 Å². The maximum absolute atomic E-state index is 11.9. The van der Waals surface area contributed by atoms with E-state index in [1.807, 2.05) is 6.92 Å². The van der Waals surface area contributed by atoms with Gasteiger partial charge in [-0.1, -0.05) is 0 Å². The summed E-state index contributed by atoms with van der Waals surface area (Å²) in [7, 11) is 0. The Kier molecular flexibility index (Phi) is 4.72. The van der Waals surface area contributed by atoms with E-state index in [2.05, 4.69) is 15.4 Å². The summed E-state index contributed by atoms with van der Waals surface area (Å²) < 4.78 is 6.72. The van der Waals surface area contributed by atoms with Gasteiger partial charge >= 0.3 is 0 Å². The molecule has 1 aromatic heterocycles. The highest BCUT2D eigenvalue weighted by Gasteiger charge is 2.08. The van der Waals surface area contributed by atoms with E-state index < -0.39 is 0 Å². The Hall–Kier alpha value is -2.61. The molecule has 4 N–H and O–H groups in total. The van der Waals surface area contributed by atoms with E-state index in [0.29, 0.717) is 23.6 Å². The fourth-order valence-corrected chi connectivity index (χ4v) is 1.81. The van der Waals surface area contributed by atoms with Gasteiger partial charge in [-0.25, -0.2) is 9.67 Å². The number of nitrogens with one attached hydrogen (secondary N) is 1. The van der Waals surface area contributed by atoms with Crippen LogP contribution in [0.4, 0.5) is 11.6 Å². The highest BCUT2D eigenvalue weighted by atomic mass is 16.5. The summed E-state index contributed by atoms with van der Waals surface area (Å²) >= 11 is 0. The summed E-state index contributed by atoms with van der Waals surface area (Å²) in [5.41, 5.74) is 6.55. The van der Waals surface area contributed by atoms with Gasteiger partial charge < -0.3 is 20.9 Å². The molecule has 2 aromatic rings. The van der Waals surface area contributed by atoms with Crippen LogP contribution in [0.15, 0.2) is 24.5 Å². The molecule has 0 bridgehead atoms. The summed E-state index contributed by atoms with van der Waals surface area (Å²) in [6.07, 6.45) is 1.38. The molecule has 2 rings (SSSR count). The molecule has 0 aliphatic carbocycles. The zero-order valence-electron chi connectivity index (χ0n) is 11.6. The number of ether oxygens (including phenoxy) is 1. The van der Waals surface area contributed by atoms with E-state index in [0.717, 1.165) is 0 Å². The molecule has 1 amide bonds. The molecule has 0 aliphatic rings. The average Bonchev–Trinajstić information content (AvgIpc) is 2.85. The van der Waals surface area contributed by atoms with Crippen molar-refractivity contribution in [2.24, 2.45) is 0 Å². The third kappa shape index (κ3) is 3.93. The van der Waals surface area contributed by atoms with Crippen LogP contribution in [0, 0.1) is 0 Å². The molecule has 0 spiro atoms. The van der Waals surface area contributed by atoms with Gasteiger partial charge in [0.05, 0.1) is 13.2 Å². The molecule has 0 atom stereocenters. The van der Waals surface area contributed by atoms with Gasteiger partial charge in [0, 0.05) is 11.3 Å². The number of anilines is 2. The molecule has 0 saturated heterocycles. The van der Waals surface area contributed by atoms with Crippen molar-refractivity contribution in [2.75, 3.05) is 17.7 Å².